The van der Waals surface area contributed by atoms with E-state index < -0.39 is 0 Å². The lowest BCUT2D eigenvalue weighted by Crippen LogP contribution is -2.50. The van der Waals surface area contributed by atoms with Crippen LogP contribution in [0.1, 0.15) is 32.6 Å². The molecule has 2 unspecified atom stereocenters. The van der Waals surface area contributed by atoms with Crippen molar-refractivity contribution in [1.82, 2.24) is 10.2 Å². The lowest BCUT2D eigenvalue weighted by atomic mass is 9.93. The Kier molecular flexibility index (Phi) is 4.05. The van der Waals surface area contributed by atoms with E-state index in [1.165, 1.54) is 0 Å². The Hall–Kier alpha value is -0.610. The van der Waals surface area contributed by atoms with Crippen LogP contribution in [0.4, 0.5) is 0 Å². The molecule has 1 amide bonds. The van der Waals surface area contributed by atoms with Crippen molar-refractivity contribution < 1.29 is 9.53 Å². The first-order valence-corrected chi connectivity index (χ1v) is 6.67. The number of carbonyl (C=O) groups is 1. The van der Waals surface area contributed by atoms with Crippen molar-refractivity contribution >= 4 is 5.91 Å². The van der Waals surface area contributed by atoms with Crippen LogP contribution in [0.25, 0.3) is 0 Å². The molecular weight excluding hydrogens is 216 g/mol. The van der Waals surface area contributed by atoms with E-state index in [-0.39, 0.29) is 5.60 Å². The number of carbonyl (C=O) groups excluding carboxylic acids is 1. The number of ether oxygens (including phenoxy) is 1. The molecule has 17 heavy (non-hydrogen) atoms. The summed E-state index contributed by atoms with van der Waals surface area (Å²) in [5.74, 6) is 0.847. The SMILES string of the molecule is COC1(C)CCCN(C(=O)CC2CCNC2)C1. The normalized spacial score (nSPS) is 34.0. The number of piperidine rings is 1. The molecule has 1 N–H and O–H groups in total. The lowest BCUT2D eigenvalue weighted by molar-refractivity contribution is -0.140. The predicted molar refractivity (Wildman–Crippen MR) is 66.8 cm³/mol. The topological polar surface area (TPSA) is 41.6 Å². The Balaban J connectivity index is 1.86. The summed E-state index contributed by atoms with van der Waals surface area (Å²) in [6.45, 7) is 5.82. The molecule has 2 atom stereocenters. The average molecular weight is 240 g/mol. The van der Waals surface area contributed by atoms with Crippen molar-refractivity contribution in [3.05, 3.63) is 0 Å². The van der Waals surface area contributed by atoms with Gasteiger partial charge in [0.1, 0.15) is 0 Å². The van der Waals surface area contributed by atoms with Crippen LogP contribution in [0.5, 0.6) is 0 Å². The average Bonchev–Trinajstić information content (AvgIpc) is 2.82. The van der Waals surface area contributed by atoms with E-state index in [0.29, 0.717) is 18.2 Å². The van der Waals surface area contributed by atoms with Gasteiger partial charge in [-0.25, -0.2) is 0 Å². The summed E-state index contributed by atoms with van der Waals surface area (Å²) < 4.78 is 5.52. The number of nitrogens with one attached hydrogen (secondary N) is 1. The molecule has 0 aromatic rings. The standard InChI is InChI=1S/C13H24N2O2/c1-13(17-2)5-3-7-15(10-13)12(16)8-11-4-6-14-9-11/h11,14H,3-10H2,1-2H3. The number of amides is 1. The highest BCUT2D eigenvalue weighted by molar-refractivity contribution is 5.76. The van der Waals surface area contributed by atoms with Crippen molar-refractivity contribution in [2.24, 2.45) is 5.92 Å². The molecule has 2 aliphatic heterocycles. The Morgan fingerprint density at radius 1 is 1.59 bits per heavy atom. The maximum Gasteiger partial charge on any atom is 0.222 e. The van der Waals surface area contributed by atoms with Gasteiger partial charge in [0.2, 0.25) is 5.91 Å². The maximum atomic E-state index is 12.2. The lowest BCUT2D eigenvalue weighted by Gasteiger charge is -2.39. The van der Waals surface area contributed by atoms with Crippen molar-refractivity contribution in [3.63, 3.8) is 0 Å². The molecule has 4 heteroatoms. The minimum atomic E-state index is -0.137. The minimum Gasteiger partial charge on any atom is -0.377 e. The van der Waals surface area contributed by atoms with Crippen molar-refractivity contribution in [2.75, 3.05) is 33.3 Å². The smallest absolute Gasteiger partial charge is 0.222 e. The molecule has 0 bridgehead atoms. The maximum absolute atomic E-state index is 12.2. The molecule has 2 aliphatic rings. The highest BCUT2D eigenvalue weighted by atomic mass is 16.5. The monoisotopic (exact) mass is 240 g/mol. The van der Waals surface area contributed by atoms with E-state index in [9.17, 15) is 4.79 Å². The Bertz CT molecular complexity index is 277. The van der Waals surface area contributed by atoms with Crippen LogP contribution in [0.2, 0.25) is 0 Å². The zero-order chi connectivity index (χ0) is 12.3. The first-order chi connectivity index (χ1) is 8.13. The molecule has 0 saturated carbocycles. The molecule has 2 saturated heterocycles. The van der Waals surface area contributed by atoms with Crippen LogP contribution in [-0.4, -0.2) is 49.7 Å². The van der Waals surface area contributed by atoms with Crippen molar-refractivity contribution in [3.8, 4) is 0 Å². The molecule has 2 fully saturated rings. The zero-order valence-corrected chi connectivity index (χ0v) is 11.0. The van der Waals surface area contributed by atoms with Gasteiger partial charge in [0.05, 0.1) is 5.60 Å². The second kappa shape index (κ2) is 5.36. The van der Waals surface area contributed by atoms with Gasteiger partial charge in [0.15, 0.2) is 0 Å². The van der Waals surface area contributed by atoms with Crippen LogP contribution in [0.3, 0.4) is 0 Å². The first-order valence-electron chi connectivity index (χ1n) is 6.67. The van der Waals surface area contributed by atoms with Gasteiger partial charge < -0.3 is 15.0 Å². The molecule has 2 heterocycles. The fourth-order valence-corrected chi connectivity index (χ4v) is 2.85. The summed E-state index contributed by atoms with van der Waals surface area (Å²) in [6.07, 6.45) is 3.95. The number of hydrogen-bond acceptors (Lipinski definition) is 3. The van der Waals surface area contributed by atoms with E-state index >= 15 is 0 Å². The largest absolute Gasteiger partial charge is 0.377 e. The third-order valence-electron chi connectivity index (χ3n) is 4.13. The van der Waals surface area contributed by atoms with Gasteiger partial charge in [-0.2, -0.15) is 0 Å². The number of likely N-dealkylation sites (tertiary alicyclic amines) is 1. The van der Waals surface area contributed by atoms with Crippen LogP contribution in [0.15, 0.2) is 0 Å². The molecule has 0 aliphatic carbocycles. The molecule has 0 spiro atoms. The third-order valence-corrected chi connectivity index (χ3v) is 4.13. The van der Waals surface area contributed by atoms with Crippen molar-refractivity contribution in [1.29, 1.82) is 0 Å². The van der Waals surface area contributed by atoms with Crippen LogP contribution in [-0.2, 0) is 9.53 Å². The van der Waals surface area contributed by atoms with Gasteiger partial charge >= 0.3 is 0 Å². The minimum absolute atomic E-state index is 0.137. The first kappa shape index (κ1) is 12.8. The number of hydrogen-bond donors (Lipinski definition) is 1. The molecule has 4 nitrogen and oxygen atoms in total. The van der Waals surface area contributed by atoms with Gasteiger partial charge in [-0.15, -0.1) is 0 Å². The van der Waals surface area contributed by atoms with Crippen LogP contribution < -0.4 is 5.32 Å². The second-order valence-corrected chi connectivity index (χ2v) is 5.64. The molecular formula is C13H24N2O2. The molecule has 0 radical (unpaired) electrons. The Labute approximate surface area is 104 Å². The Morgan fingerprint density at radius 3 is 3.06 bits per heavy atom. The fraction of sp³-hybridized carbons (Fsp3) is 0.923. The number of rotatable bonds is 3. The quantitative estimate of drug-likeness (QED) is 0.800. The second-order valence-electron chi connectivity index (χ2n) is 5.64. The van der Waals surface area contributed by atoms with E-state index in [1.807, 2.05) is 4.90 Å². The molecule has 0 aromatic heterocycles. The highest BCUT2D eigenvalue weighted by Gasteiger charge is 2.33. The predicted octanol–water partition coefficient (Wildman–Crippen LogP) is 1.01. The Morgan fingerprint density at radius 2 is 2.41 bits per heavy atom. The zero-order valence-electron chi connectivity index (χ0n) is 11.0. The van der Waals surface area contributed by atoms with Gasteiger partial charge in [0.25, 0.3) is 0 Å². The van der Waals surface area contributed by atoms with E-state index in [0.717, 1.165) is 45.4 Å². The fourth-order valence-electron chi connectivity index (χ4n) is 2.85. The van der Waals surface area contributed by atoms with Gasteiger partial charge in [0, 0.05) is 26.6 Å². The van der Waals surface area contributed by atoms with Crippen LogP contribution in [0, 0.1) is 5.92 Å². The summed E-state index contributed by atoms with van der Waals surface area (Å²) >= 11 is 0. The van der Waals surface area contributed by atoms with Gasteiger partial charge in [-0.3, -0.25) is 4.79 Å². The summed E-state index contributed by atoms with van der Waals surface area (Å²) in [5, 5.41) is 3.31. The van der Waals surface area contributed by atoms with Crippen LogP contribution >= 0.6 is 0 Å². The molecule has 0 aromatic carbocycles. The summed E-state index contributed by atoms with van der Waals surface area (Å²) in [4.78, 5) is 14.2. The van der Waals surface area contributed by atoms with E-state index in [4.69, 9.17) is 4.74 Å². The molecule has 98 valence electrons. The third kappa shape index (κ3) is 3.19. The van der Waals surface area contributed by atoms with Crippen molar-refractivity contribution in [2.45, 2.75) is 38.2 Å². The number of nitrogens with zero attached hydrogens (tertiary/aromatic N) is 1. The summed E-state index contributed by atoms with van der Waals surface area (Å²) in [5.41, 5.74) is -0.137. The number of methoxy groups -OCH3 is 1. The molecule has 2 rings (SSSR count). The van der Waals surface area contributed by atoms with Gasteiger partial charge in [-0.1, -0.05) is 0 Å². The highest BCUT2D eigenvalue weighted by Crippen LogP contribution is 2.25. The summed E-state index contributed by atoms with van der Waals surface area (Å²) in [7, 11) is 1.74. The van der Waals surface area contributed by atoms with E-state index in [2.05, 4.69) is 12.2 Å². The van der Waals surface area contributed by atoms with E-state index in [1.54, 1.807) is 7.11 Å². The summed E-state index contributed by atoms with van der Waals surface area (Å²) in [6, 6.07) is 0. The van der Waals surface area contributed by atoms with Gasteiger partial charge in [-0.05, 0) is 45.2 Å².